The zero-order valence-electron chi connectivity index (χ0n) is 16.3. The molecule has 2 aliphatic rings. The standard InChI is InChI=1S/C21H23BrN6S/c1-27-19(15-7-8-23-24-12-15)25-26-20(27)29-10-2-9-28-13-17-11-21(17,14-28)16-3-5-18(22)6-4-16/h3-8,12,17H,2,9-11,13-14H2,1H3. The molecule has 1 saturated heterocycles. The van der Waals surface area contributed by atoms with Gasteiger partial charge in [-0.1, -0.05) is 39.8 Å². The third-order valence-electron chi connectivity index (χ3n) is 6.16. The predicted octanol–water partition coefficient (Wildman–Crippen LogP) is 3.79. The fourth-order valence-electron chi connectivity index (χ4n) is 4.55. The average Bonchev–Trinajstić information content (AvgIpc) is 3.11. The molecule has 0 bridgehead atoms. The molecule has 0 radical (unpaired) electrons. The molecule has 6 nitrogen and oxygen atoms in total. The van der Waals surface area contributed by atoms with E-state index in [4.69, 9.17) is 0 Å². The Kier molecular flexibility index (Phi) is 5.17. The van der Waals surface area contributed by atoms with Crippen LogP contribution in [-0.4, -0.2) is 55.2 Å². The lowest BCUT2D eigenvalue weighted by Gasteiger charge is -2.21. The number of likely N-dealkylation sites (tertiary alicyclic amines) is 1. The van der Waals surface area contributed by atoms with Gasteiger partial charge in [-0.15, -0.1) is 10.2 Å². The Morgan fingerprint density at radius 1 is 1.17 bits per heavy atom. The van der Waals surface area contributed by atoms with Crippen molar-refractivity contribution in [3.63, 3.8) is 0 Å². The molecule has 2 atom stereocenters. The number of fused-ring (bicyclic) bond motifs is 1. The number of aromatic nitrogens is 5. The second-order valence-corrected chi connectivity index (χ2v) is 9.98. The highest BCUT2D eigenvalue weighted by Crippen LogP contribution is 2.59. The lowest BCUT2D eigenvalue weighted by Crippen LogP contribution is -2.27. The van der Waals surface area contributed by atoms with Crippen LogP contribution < -0.4 is 0 Å². The van der Waals surface area contributed by atoms with Gasteiger partial charge in [-0.25, -0.2) is 0 Å². The Labute approximate surface area is 183 Å². The summed E-state index contributed by atoms with van der Waals surface area (Å²) in [6.07, 6.45) is 5.91. The minimum Gasteiger partial charge on any atom is -0.305 e. The van der Waals surface area contributed by atoms with Gasteiger partial charge >= 0.3 is 0 Å². The fourth-order valence-corrected chi connectivity index (χ4v) is 5.65. The second-order valence-electron chi connectivity index (χ2n) is 8.00. The van der Waals surface area contributed by atoms with Crippen molar-refractivity contribution >= 4 is 27.7 Å². The molecule has 0 N–H and O–H groups in total. The van der Waals surface area contributed by atoms with Gasteiger partial charge in [0.15, 0.2) is 11.0 Å². The molecule has 2 aromatic heterocycles. The minimum atomic E-state index is 0.422. The largest absolute Gasteiger partial charge is 0.305 e. The van der Waals surface area contributed by atoms with Crippen LogP contribution in [0.15, 0.2) is 52.4 Å². The summed E-state index contributed by atoms with van der Waals surface area (Å²) in [7, 11) is 2.01. The lowest BCUT2D eigenvalue weighted by atomic mass is 9.95. The third-order valence-corrected chi connectivity index (χ3v) is 7.80. The van der Waals surface area contributed by atoms with Crippen LogP contribution in [0.3, 0.4) is 0 Å². The summed E-state index contributed by atoms with van der Waals surface area (Å²) in [6.45, 7) is 3.59. The van der Waals surface area contributed by atoms with Gasteiger partial charge in [0.2, 0.25) is 0 Å². The third kappa shape index (κ3) is 3.73. The Morgan fingerprint density at radius 3 is 2.83 bits per heavy atom. The first-order chi connectivity index (χ1) is 14.2. The first kappa shape index (κ1) is 19.2. The molecule has 29 heavy (non-hydrogen) atoms. The molecule has 2 unspecified atom stereocenters. The number of thioether (sulfide) groups is 1. The van der Waals surface area contributed by atoms with Crippen molar-refractivity contribution in [1.82, 2.24) is 29.9 Å². The SMILES string of the molecule is Cn1c(SCCCN2CC3CC3(c3ccc(Br)cc3)C2)nnc1-c1ccnnc1. The van der Waals surface area contributed by atoms with Crippen LogP contribution in [0.25, 0.3) is 11.4 Å². The summed E-state index contributed by atoms with van der Waals surface area (Å²) in [4.78, 5) is 2.64. The zero-order valence-corrected chi connectivity index (χ0v) is 18.7. The number of hydrogen-bond acceptors (Lipinski definition) is 6. The van der Waals surface area contributed by atoms with E-state index in [1.807, 2.05) is 17.7 Å². The molecule has 2 fully saturated rings. The quantitative estimate of drug-likeness (QED) is 0.386. The molecule has 3 heterocycles. The van der Waals surface area contributed by atoms with Crippen LogP contribution in [0, 0.1) is 5.92 Å². The van der Waals surface area contributed by atoms with Gasteiger partial charge < -0.3 is 9.47 Å². The fraction of sp³-hybridized carbons (Fsp3) is 0.429. The molecule has 1 aromatic carbocycles. The zero-order chi connectivity index (χ0) is 19.8. The maximum absolute atomic E-state index is 4.35. The summed E-state index contributed by atoms with van der Waals surface area (Å²) >= 11 is 5.32. The smallest absolute Gasteiger partial charge is 0.191 e. The van der Waals surface area contributed by atoms with Crippen molar-refractivity contribution in [2.24, 2.45) is 13.0 Å². The van der Waals surface area contributed by atoms with E-state index in [9.17, 15) is 0 Å². The highest BCUT2D eigenvalue weighted by molar-refractivity contribution is 9.10. The van der Waals surface area contributed by atoms with Gasteiger partial charge in [0.1, 0.15) is 0 Å². The van der Waals surface area contributed by atoms with E-state index < -0.39 is 0 Å². The Morgan fingerprint density at radius 2 is 2.03 bits per heavy atom. The molecule has 0 spiro atoms. The number of nitrogens with zero attached hydrogens (tertiary/aromatic N) is 6. The van der Waals surface area contributed by atoms with Crippen molar-refractivity contribution in [2.75, 3.05) is 25.4 Å². The van der Waals surface area contributed by atoms with E-state index in [0.29, 0.717) is 5.41 Å². The minimum absolute atomic E-state index is 0.422. The summed E-state index contributed by atoms with van der Waals surface area (Å²) < 4.78 is 3.20. The number of hydrogen-bond donors (Lipinski definition) is 0. The van der Waals surface area contributed by atoms with E-state index in [0.717, 1.165) is 45.7 Å². The average molecular weight is 471 g/mol. The van der Waals surface area contributed by atoms with Crippen molar-refractivity contribution in [3.05, 3.63) is 52.8 Å². The van der Waals surface area contributed by atoms with E-state index in [2.05, 4.69) is 65.5 Å². The van der Waals surface area contributed by atoms with Crippen LogP contribution in [0.4, 0.5) is 0 Å². The number of piperidine rings is 1. The van der Waals surface area contributed by atoms with Gasteiger partial charge in [0.05, 0.1) is 12.4 Å². The Hall–Kier alpha value is -1.77. The van der Waals surface area contributed by atoms with Gasteiger partial charge in [-0.05, 0) is 49.1 Å². The Balaban J connectivity index is 1.12. The van der Waals surface area contributed by atoms with Gasteiger partial charge in [-0.3, -0.25) is 0 Å². The summed E-state index contributed by atoms with van der Waals surface area (Å²) in [5.74, 6) is 2.72. The van der Waals surface area contributed by atoms with Gasteiger partial charge in [-0.2, -0.15) is 10.2 Å². The molecule has 3 aromatic rings. The number of rotatable bonds is 7. The maximum Gasteiger partial charge on any atom is 0.191 e. The maximum atomic E-state index is 4.35. The lowest BCUT2D eigenvalue weighted by molar-refractivity contribution is 0.299. The van der Waals surface area contributed by atoms with Gasteiger partial charge in [0, 0.05) is 41.3 Å². The second kappa shape index (κ2) is 7.81. The molecule has 1 saturated carbocycles. The highest BCUT2D eigenvalue weighted by Gasteiger charge is 2.60. The molecule has 1 aliphatic carbocycles. The molecule has 1 aliphatic heterocycles. The monoisotopic (exact) mass is 470 g/mol. The predicted molar refractivity (Wildman–Crippen MR) is 118 cm³/mol. The van der Waals surface area contributed by atoms with Crippen molar-refractivity contribution in [3.8, 4) is 11.4 Å². The summed E-state index contributed by atoms with van der Waals surface area (Å²) in [5.41, 5.74) is 2.88. The highest BCUT2D eigenvalue weighted by atomic mass is 79.9. The molecular weight excluding hydrogens is 448 g/mol. The Bertz CT molecular complexity index is 992. The van der Waals surface area contributed by atoms with Crippen LogP contribution >= 0.6 is 27.7 Å². The normalized spacial score (nSPS) is 23.3. The number of benzene rings is 1. The summed E-state index contributed by atoms with van der Waals surface area (Å²) in [6, 6.07) is 10.9. The van der Waals surface area contributed by atoms with E-state index in [1.54, 1.807) is 24.2 Å². The van der Waals surface area contributed by atoms with Crippen LogP contribution in [0.2, 0.25) is 0 Å². The molecule has 5 rings (SSSR count). The van der Waals surface area contributed by atoms with Crippen molar-refractivity contribution in [1.29, 1.82) is 0 Å². The van der Waals surface area contributed by atoms with Crippen LogP contribution in [0.1, 0.15) is 18.4 Å². The van der Waals surface area contributed by atoms with Crippen LogP contribution in [-0.2, 0) is 12.5 Å². The van der Waals surface area contributed by atoms with E-state index in [1.165, 1.54) is 25.1 Å². The molecule has 150 valence electrons. The van der Waals surface area contributed by atoms with Crippen LogP contribution in [0.5, 0.6) is 0 Å². The first-order valence-corrected chi connectivity index (χ1v) is 11.7. The van der Waals surface area contributed by atoms with Crippen molar-refractivity contribution < 1.29 is 0 Å². The molecule has 8 heteroatoms. The molecular formula is C21H23BrN6S. The van der Waals surface area contributed by atoms with Gasteiger partial charge in [0.25, 0.3) is 0 Å². The van der Waals surface area contributed by atoms with Crippen molar-refractivity contribution in [2.45, 2.75) is 23.4 Å². The molecule has 0 amide bonds. The topological polar surface area (TPSA) is 59.7 Å². The van der Waals surface area contributed by atoms with E-state index in [-0.39, 0.29) is 0 Å². The summed E-state index contributed by atoms with van der Waals surface area (Å²) in [5, 5.41) is 17.4. The van der Waals surface area contributed by atoms with E-state index >= 15 is 0 Å². The number of halogens is 1. The first-order valence-electron chi connectivity index (χ1n) is 9.93.